The summed E-state index contributed by atoms with van der Waals surface area (Å²) in [5, 5.41) is 7.72. The van der Waals surface area contributed by atoms with Gasteiger partial charge in [0.15, 0.2) is 0 Å². The molecule has 0 saturated carbocycles. The lowest BCUT2D eigenvalue weighted by Gasteiger charge is -2.37. The molecule has 5 heteroatoms. The first-order valence-corrected chi connectivity index (χ1v) is 7.12. The third kappa shape index (κ3) is 2.99. The van der Waals surface area contributed by atoms with Crippen LogP contribution in [0.5, 0.6) is 0 Å². The molecular formula is C15H21N3O2. The standard InChI is InChI=1S/C15H21N3O2/c1-15(5-7-19-8-6-15)11-18(2)10-12-3-4-13-14(9-12)17-20-16-13/h3-4,9H,5-8,10-11H2,1-2H3. The Morgan fingerprint density at radius 2 is 1.95 bits per heavy atom. The second-order valence-corrected chi connectivity index (χ2v) is 6.18. The van der Waals surface area contributed by atoms with Gasteiger partial charge in [-0.05, 0) is 53.3 Å². The number of rotatable bonds is 4. The maximum Gasteiger partial charge on any atom is 0.135 e. The molecule has 0 spiro atoms. The molecule has 108 valence electrons. The molecule has 0 bridgehead atoms. The van der Waals surface area contributed by atoms with Gasteiger partial charge in [0.05, 0.1) is 0 Å². The maximum absolute atomic E-state index is 5.46. The molecule has 3 rings (SSSR count). The molecule has 1 saturated heterocycles. The Morgan fingerprint density at radius 3 is 2.75 bits per heavy atom. The highest BCUT2D eigenvalue weighted by molar-refractivity contribution is 5.73. The van der Waals surface area contributed by atoms with Crippen LogP contribution in [0.4, 0.5) is 0 Å². The molecule has 0 aliphatic carbocycles. The highest BCUT2D eigenvalue weighted by Gasteiger charge is 2.28. The zero-order chi connectivity index (χ0) is 14.0. The van der Waals surface area contributed by atoms with E-state index in [9.17, 15) is 0 Å². The lowest BCUT2D eigenvalue weighted by atomic mass is 9.82. The van der Waals surface area contributed by atoms with Gasteiger partial charge in [0.2, 0.25) is 0 Å². The molecule has 5 nitrogen and oxygen atoms in total. The van der Waals surface area contributed by atoms with Gasteiger partial charge in [0.1, 0.15) is 11.0 Å². The number of aromatic nitrogens is 2. The van der Waals surface area contributed by atoms with E-state index in [-0.39, 0.29) is 0 Å². The normalized spacial score (nSPS) is 18.8. The molecule has 0 radical (unpaired) electrons. The molecule has 0 atom stereocenters. The Hall–Kier alpha value is -1.46. The number of fused-ring (bicyclic) bond motifs is 1. The number of hydrogen-bond acceptors (Lipinski definition) is 5. The van der Waals surface area contributed by atoms with Crippen molar-refractivity contribution in [3.63, 3.8) is 0 Å². The molecule has 20 heavy (non-hydrogen) atoms. The van der Waals surface area contributed by atoms with Gasteiger partial charge in [-0.3, -0.25) is 0 Å². The summed E-state index contributed by atoms with van der Waals surface area (Å²) in [4.78, 5) is 2.37. The first-order chi connectivity index (χ1) is 9.65. The van der Waals surface area contributed by atoms with Crippen LogP contribution in [0.3, 0.4) is 0 Å². The largest absolute Gasteiger partial charge is 0.381 e. The zero-order valence-corrected chi connectivity index (χ0v) is 12.1. The minimum Gasteiger partial charge on any atom is -0.381 e. The molecule has 0 amide bonds. The summed E-state index contributed by atoms with van der Waals surface area (Å²) in [6.07, 6.45) is 2.28. The van der Waals surface area contributed by atoms with Gasteiger partial charge in [0.25, 0.3) is 0 Å². The molecule has 0 unspecified atom stereocenters. The molecule has 0 N–H and O–H groups in total. The Bertz CT molecular complexity index is 575. The smallest absolute Gasteiger partial charge is 0.135 e. The van der Waals surface area contributed by atoms with Crippen molar-refractivity contribution in [2.24, 2.45) is 5.41 Å². The van der Waals surface area contributed by atoms with Crippen molar-refractivity contribution in [1.29, 1.82) is 0 Å². The van der Waals surface area contributed by atoms with Crippen molar-refractivity contribution >= 4 is 11.0 Å². The van der Waals surface area contributed by atoms with Crippen molar-refractivity contribution in [3.05, 3.63) is 23.8 Å². The van der Waals surface area contributed by atoms with Gasteiger partial charge >= 0.3 is 0 Å². The molecule has 1 aliphatic heterocycles. The van der Waals surface area contributed by atoms with E-state index >= 15 is 0 Å². The molecular weight excluding hydrogens is 254 g/mol. The van der Waals surface area contributed by atoms with E-state index in [2.05, 4.69) is 41.3 Å². The van der Waals surface area contributed by atoms with Crippen LogP contribution in [0.15, 0.2) is 22.8 Å². The Morgan fingerprint density at radius 1 is 1.20 bits per heavy atom. The van der Waals surface area contributed by atoms with E-state index in [1.165, 1.54) is 5.56 Å². The molecule has 2 aromatic rings. The highest BCUT2D eigenvalue weighted by Crippen LogP contribution is 2.30. The van der Waals surface area contributed by atoms with E-state index in [4.69, 9.17) is 9.37 Å². The fourth-order valence-corrected chi connectivity index (χ4v) is 2.97. The summed E-state index contributed by atoms with van der Waals surface area (Å²) >= 11 is 0. The third-order valence-corrected chi connectivity index (χ3v) is 4.12. The van der Waals surface area contributed by atoms with Gasteiger partial charge in [-0.25, -0.2) is 4.63 Å². The van der Waals surface area contributed by atoms with Crippen LogP contribution < -0.4 is 0 Å². The van der Waals surface area contributed by atoms with E-state index in [0.717, 1.165) is 50.2 Å². The summed E-state index contributed by atoms with van der Waals surface area (Å²) < 4.78 is 10.2. The average Bonchev–Trinajstić information content (AvgIpc) is 2.86. The second-order valence-electron chi connectivity index (χ2n) is 6.18. The number of benzene rings is 1. The van der Waals surface area contributed by atoms with Crippen LogP contribution in [0.2, 0.25) is 0 Å². The first-order valence-electron chi connectivity index (χ1n) is 7.12. The lowest BCUT2D eigenvalue weighted by Crippen LogP contribution is -2.37. The second kappa shape index (κ2) is 5.50. The molecule has 1 aromatic heterocycles. The van der Waals surface area contributed by atoms with E-state index < -0.39 is 0 Å². The van der Waals surface area contributed by atoms with Crippen molar-refractivity contribution in [2.45, 2.75) is 26.3 Å². The summed E-state index contributed by atoms with van der Waals surface area (Å²) in [5.41, 5.74) is 3.25. The fourth-order valence-electron chi connectivity index (χ4n) is 2.97. The summed E-state index contributed by atoms with van der Waals surface area (Å²) in [5.74, 6) is 0. The lowest BCUT2D eigenvalue weighted by molar-refractivity contribution is 0.00787. The summed E-state index contributed by atoms with van der Waals surface area (Å²) in [7, 11) is 2.17. The van der Waals surface area contributed by atoms with Gasteiger partial charge in [-0.15, -0.1) is 0 Å². The summed E-state index contributed by atoms with van der Waals surface area (Å²) in [6, 6.07) is 6.11. The van der Waals surface area contributed by atoms with Crippen LogP contribution in [0.1, 0.15) is 25.3 Å². The van der Waals surface area contributed by atoms with Gasteiger partial charge in [0, 0.05) is 26.3 Å². The maximum atomic E-state index is 5.46. The van der Waals surface area contributed by atoms with Gasteiger partial charge < -0.3 is 9.64 Å². The van der Waals surface area contributed by atoms with Crippen LogP contribution in [-0.4, -0.2) is 42.0 Å². The van der Waals surface area contributed by atoms with Crippen LogP contribution in [-0.2, 0) is 11.3 Å². The quantitative estimate of drug-likeness (QED) is 0.858. The molecule has 1 aromatic carbocycles. The monoisotopic (exact) mass is 275 g/mol. The number of hydrogen-bond donors (Lipinski definition) is 0. The molecule has 1 fully saturated rings. The highest BCUT2D eigenvalue weighted by atomic mass is 16.6. The predicted octanol–water partition coefficient (Wildman–Crippen LogP) is 2.47. The van der Waals surface area contributed by atoms with Crippen LogP contribution in [0, 0.1) is 5.41 Å². The van der Waals surface area contributed by atoms with E-state index in [1.54, 1.807) is 0 Å². The number of ether oxygens (including phenoxy) is 1. The van der Waals surface area contributed by atoms with E-state index in [1.807, 2.05) is 6.07 Å². The van der Waals surface area contributed by atoms with E-state index in [0.29, 0.717) is 5.41 Å². The minimum atomic E-state index is 0.368. The topological polar surface area (TPSA) is 51.4 Å². The Balaban J connectivity index is 1.64. The average molecular weight is 275 g/mol. The minimum absolute atomic E-state index is 0.368. The Labute approximate surface area is 118 Å². The molecule has 1 aliphatic rings. The number of nitrogens with zero attached hydrogens (tertiary/aromatic N) is 3. The van der Waals surface area contributed by atoms with Crippen LogP contribution >= 0.6 is 0 Å². The SMILES string of the molecule is CN(Cc1ccc2nonc2c1)CC1(C)CCOCC1. The van der Waals surface area contributed by atoms with Crippen molar-refractivity contribution in [3.8, 4) is 0 Å². The zero-order valence-electron chi connectivity index (χ0n) is 12.1. The Kier molecular flexibility index (Phi) is 3.72. The summed E-state index contributed by atoms with van der Waals surface area (Å²) in [6.45, 7) is 6.14. The van der Waals surface area contributed by atoms with Gasteiger partial charge in [-0.1, -0.05) is 13.0 Å². The van der Waals surface area contributed by atoms with Gasteiger partial charge in [-0.2, -0.15) is 0 Å². The van der Waals surface area contributed by atoms with Crippen molar-refractivity contribution in [1.82, 2.24) is 15.2 Å². The predicted molar refractivity (Wildman–Crippen MR) is 76.3 cm³/mol. The van der Waals surface area contributed by atoms with Crippen LogP contribution in [0.25, 0.3) is 11.0 Å². The third-order valence-electron chi connectivity index (χ3n) is 4.12. The van der Waals surface area contributed by atoms with Crippen molar-refractivity contribution < 1.29 is 9.37 Å². The fraction of sp³-hybridized carbons (Fsp3) is 0.600. The first kappa shape index (κ1) is 13.5. The molecule has 2 heterocycles. The van der Waals surface area contributed by atoms with Crippen molar-refractivity contribution in [2.75, 3.05) is 26.8 Å².